The lowest BCUT2D eigenvalue weighted by molar-refractivity contribution is 0.102. The van der Waals surface area contributed by atoms with Crippen LogP contribution >= 0.6 is 0 Å². The quantitative estimate of drug-likeness (QED) is 0.567. The van der Waals surface area contributed by atoms with Crippen LogP contribution in [-0.4, -0.2) is 33.4 Å². The minimum atomic E-state index is -0.217. The van der Waals surface area contributed by atoms with Crippen molar-refractivity contribution in [3.63, 3.8) is 0 Å². The maximum absolute atomic E-state index is 12.7. The number of hydrogen-bond donors (Lipinski definition) is 1. The van der Waals surface area contributed by atoms with Crippen molar-refractivity contribution >= 4 is 11.7 Å². The molecule has 0 aliphatic rings. The van der Waals surface area contributed by atoms with Gasteiger partial charge in [0.1, 0.15) is 6.61 Å². The zero-order chi connectivity index (χ0) is 21.3. The van der Waals surface area contributed by atoms with Gasteiger partial charge in [-0.15, -0.1) is 0 Å². The summed E-state index contributed by atoms with van der Waals surface area (Å²) in [6, 6.07) is 15.5. The first-order chi connectivity index (χ1) is 14.6. The van der Waals surface area contributed by atoms with Crippen molar-refractivity contribution in [3.8, 4) is 5.75 Å². The lowest BCUT2D eigenvalue weighted by Crippen LogP contribution is -2.29. The summed E-state index contributed by atoms with van der Waals surface area (Å²) in [5.74, 6) is 0.706. The van der Waals surface area contributed by atoms with Crippen molar-refractivity contribution in [3.05, 3.63) is 83.8 Å². The third kappa shape index (κ3) is 5.87. The number of carbonyl (C=O) groups excluding carboxylic acids is 1. The van der Waals surface area contributed by atoms with Gasteiger partial charge in [0, 0.05) is 36.7 Å². The van der Waals surface area contributed by atoms with Gasteiger partial charge in [-0.05, 0) is 67.9 Å². The van der Waals surface area contributed by atoms with E-state index in [0.29, 0.717) is 29.8 Å². The second-order valence-corrected chi connectivity index (χ2v) is 7.30. The molecule has 0 aliphatic heterocycles. The number of nitrogens with zero attached hydrogens (tertiary/aromatic N) is 3. The monoisotopic (exact) mass is 404 g/mol. The number of anilines is 1. The van der Waals surface area contributed by atoms with E-state index in [2.05, 4.69) is 41.0 Å². The van der Waals surface area contributed by atoms with E-state index in [4.69, 9.17) is 4.74 Å². The molecule has 6 nitrogen and oxygen atoms in total. The van der Waals surface area contributed by atoms with Crippen molar-refractivity contribution in [1.29, 1.82) is 0 Å². The van der Waals surface area contributed by atoms with Gasteiger partial charge < -0.3 is 10.1 Å². The van der Waals surface area contributed by atoms with Crippen molar-refractivity contribution < 1.29 is 9.53 Å². The van der Waals surface area contributed by atoms with Crippen molar-refractivity contribution in [2.75, 3.05) is 11.9 Å². The molecule has 1 N–H and O–H groups in total. The van der Waals surface area contributed by atoms with Crippen molar-refractivity contribution in [2.24, 2.45) is 0 Å². The van der Waals surface area contributed by atoms with Crippen LogP contribution in [0.2, 0.25) is 0 Å². The highest BCUT2D eigenvalue weighted by Crippen LogP contribution is 2.23. The molecule has 1 amide bonds. The SMILES string of the molecule is CCN(Cc1ccc(C(=O)Nc2ncccc2OCc2ccncc2)cc1)C(C)C. The Morgan fingerprint density at radius 3 is 2.43 bits per heavy atom. The highest BCUT2D eigenvalue weighted by atomic mass is 16.5. The molecule has 6 heteroatoms. The smallest absolute Gasteiger partial charge is 0.256 e. The molecule has 2 heterocycles. The lowest BCUT2D eigenvalue weighted by atomic mass is 10.1. The number of hydrogen-bond acceptors (Lipinski definition) is 5. The molecule has 0 unspecified atom stereocenters. The van der Waals surface area contributed by atoms with Gasteiger partial charge in [0.15, 0.2) is 11.6 Å². The van der Waals surface area contributed by atoms with E-state index in [1.165, 1.54) is 5.56 Å². The Hall–Kier alpha value is -3.25. The normalized spacial score (nSPS) is 11.0. The Morgan fingerprint density at radius 2 is 1.77 bits per heavy atom. The number of ether oxygens (including phenoxy) is 1. The topological polar surface area (TPSA) is 67.4 Å². The fourth-order valence-corrected chi connectivity index (χ4v) is 3.08. The molecule has 0 radical (unpaired) electrons. The predicted molar refractivity (Wildman–Crippen MR) is 118 cm³/mol. The van der Waals surface area contributed by atoms with Crippen LogP contribution < -0.4 is 10.1 Å². The maximum atomic E-state index is 12.7. The molecule has 0 spiro atoms. The molecule has 1 aromatic carbocycles. The zero-order valence-corrected chi connectivity index (χ0v) is 17.7. The first-order valence-corrected chi connectivity index (χ1v) is 10.2. The Morgan fingerprint density at radius 1 is 1.03 bits per heavy atom. The minimum absolute atomic E-state index is 0.217. The van der Waals surface area contributed by atoms with E-state index >= 15 is 0 Å². The van der Waals surface area contributed by atoms with E-state index in [-0.39, 0.29) is 5.91 Å². The highest BCUT2D eigenvalue weighted by molar-refractivity contribution is 6.04. The standard InChI is InChI=1S/C24H28N4O2/c1-4-28(18(2)3)16-19-7-9-21(10-8-19)24(29)27-23-22(6-5-13-26-23)30-17-20-11-14-25-15-12-20/h5-15,18H,4,16-17H2,1-3H3,(H,26,27,29). The van der Waals surface area contributed by atoms with Crippen molar-refractivity contribution in [2.45, 2.75) is 40.0 Å². The third-order valence-corrected chi connectivity index (χ3v) is 4.88. The van der Waals surface area contributed by atoms with Gasteiger partial charge >= 0.3 is 0 Å². The van der Waals surface area contributed by atoms with E-state index in [1.807, 2.05) is 36.4 Å². The van der Waals surface area contributed by atoms with Crippen LogP contribution in [0.4, 0.5) is 5.82 Å². The van der Waals surface area contributed by atoms with E-state index in [9.17, 15) is 4.79 Å². The average Bonchev–Trinajstić information content (AvgIpc) is 2.77. The summed E-state index contributed by atoms with van der Waals surface area (Å²) in [5, 5.41) is 2.85. The third-order valence-electron chi connectivity index (χ3n) is 4.88. The van der Waals surface area contributed by atoms with Gasteiger partial charge in [-0.2, -0.15) is 0 Å². The predicted octanol–water partition coefficient (Wildman–Crippen LogP) is 4.54. The molecule has 156 valence electrons. The van der Waals surface area contributed by atoms with Gasteiger partial charge in [-0.1, -0.05) is 19.1 Å². The summed E-state index contributed by atoms with van der Waals surface area (Å²) >= 11 is 0. The molecular formula is C24H28N4O2. The Kier molecular flexibility index (Phi) is 7.51. The van der Waals surface area contributed by atoms with Gasteiger partial charge in [0.05, 0.1) is 0 Å². The van der Waals surface area contributed by atoms with Crippen LogP contribution in [0.1, 0.15) is 42.3 Å². The van der Waals surface area contributed by atoms with Gasteiger partial charge in [-0.3, -0.25) is 14.7 Å². The van der Waals surface area contributed by atoms with Crippen LogP contribution in [0, 0.1) is 0 Å². The van der Waals surface area contributed by atoms with Crippen LogP contribution in [0.25, 0.3) is 0 Å². The molecule has 0 bridgehead atoms. The molecule has 0 saturated heterocycles. The minimum Gasteiger partial charge on any atom is -0.485 e. The molecule has 0 aliphatic carbocycles. The van der Waals surface area contributed by atoms with Crippen LogP contribution in [-0.2, 0) is 13.2 Å². The number of amides is 1. The average molecular weight is 405 g/mol. The van der Waals surface area contributed by atoms with Gasteiger partial charge in [-0.25, -0.2) is 4.98 Å². The summed E-state index contributed by atoms with van der Waals surface area (Å²) in [5.41, 5.74) is 2.75. The molecule has 3 rings (SSSR count). The number of pyridine rings is 2. The second kappa shape index (κ2) is 10.5. The van der Waals surface area contributed by atoms with Gasteiger partial charge in [0.2, 0.25) is 0 Å². The Bertz CT molecular complexity index is 943. The van der Waals surface area contributed by atoms with Crippen molar-refractivity contribution in [1.82, 2.24) is 14.9 Å². The number of benzene rings is 1. The Labute approximate surface area is 177 Å². The van der Waals surface area contributed by atoms with E-state index < -0.39 is 0 Å². The fraction of sp³-hybridized carbons (Fsp3) is 0.292. The van der Waals surface area contributed by atoms with Crippen LogP contribution in [0.5, 0.6) is 5.75 Å². The number of aromatic nitrogens is 2. The first-order valence-electron chi connectivity index (χ1n) is 10.2. The molecule has 30 heavy (non-hydrogen) atoms. The molecule has 0 atom stereocenters. The summed E-state index contributed by atoms with van der Waals surface area (Å²) in [7, 11) is 0. The molecule has 2 aromatic heterocycles. The van der Waals surface area contributed by atoms with E-state index in [1.54, 1.807) is 30.7 Å². The molecule has 0 saturated carbocycles. The summed E-state index contributed by atoms with van der Waals surface area (Å²) in [4.78, 5) is 23.3. The van der Waals surface area contributed by atoms with E-state index in [0.717, 1.165) is 18.7 Å². The zero-order valence-electron chi connectivity index (χ0n) is 17.7. The number of carbonyl (C=O) groups is 1. The lowest BCUT2D eigenvalue weighted by Gasteiger charge is -2.24. The number of rotatable bonds is 9. The molecule has 3 aromatic rings. The van der Waals surface area contributed by atoms with Crippen LogP contribution in [0.3, 0.4) is 0 Å². The summed E-state index contributed by atoms with van der Waals surface area (Å²) in [6.45, 7) is 8.75. The second-order valence-electron chi connectivity index (χ2n) is 7.30. The summed E-state index contributed by atoms with van der Waals surface area (Å²) in [6.07, 6.45) is 5.06. The molecular weight excluding hydrogens is 376 g/mol. The molecule has 0 fully saturated rings. The number of nitrogens with one attached hydrogen (secondary N) is 1. The largest absolute Gasteiger partial charge is 0.485 e. The summed E-state index contributed by atoms with van der Waals surface area (Å²) < 4.78 is 5.85. The Balaban J connectivity index is 1.64. The fourth-order valence-electron chi connectivity index (χ4n) is 3.08. The highest BCUT2D eigenvalue weighted by Gasteiger charge is 2.12. The maximum Gasteiger partial charge on any atom is 0.256 e. The van der Waals surface area contributed by atoms with Crippen LogP contribution in [0.15, 0.2) is 67.1 Å². The van der Waals surface area contributed by atoms with Gasteiger partial charge in [0.25, 0.3) is 5.91 Å². The first kappa shape index (κ1) is 21.5.